The third-order valence-corrected chi connectivity index (χ3v) is 4.22. The van der Waals surface area contributed by atoms with Crippen LogP contribution < -0.4 is 10.2 Å². The molecule has 126 valence electrons. The first kappa shape index (κ1) is 16.2. The Balaban J connectivity index is 1.70. The molecule has 2 aromatic heterocycles. The van der Waals surface area contributed by atoms with E-state index in [-0.39, 0.29) is 0 Å². The Morgan fingerprint density at radius 1 is 1.33 bits per heavy atom. The van der Waals surface area contributed by atoms with Crippen molar-refractivity contribution >= 4 is 11.9 Å². The van der Waals surface area contributed by atoms with Gasteiger partial charge in [0.1, 0.15) is 11.5 Å². The van der Waals surface area contributed by atoms with Crippen LogP contribution in [0.4, 0.5) is 10.6 Å². The standard InChI is InChI=1S/C17H21N5O2/c1-12-10-15(21-16(20-12)14-4-2-3-7-18-14)22-8-5-13(6-9-22)11-19-17(23)24/h2-4,7,10,13,19H,5-6,8-9,11H2,1H3,(H,23,24). The minimum Gasteiger partial charge on any atom is -0.465 e. The lowest BCUT2D eigenvalue weighted by Crippen LogP contribution is -2.38. The Morgan fingerprint density at radius 3 is 2.79 bits per heavy atom. The number of aromatic nitrogens is 3. The van der Waals surface area contributed by atoms with Crippen molar-refractivity contribution in [1.82, 2.24) is 20.3 Å². The van der Waals surface area contributed by atoms with Crippen LogP contribution in [0, 0.1) is 12.8 Å². The molecular weight excluding hydrogens is 306 g/mol. The fraction of sp³-hybridized carbons (Fsp3) is 0.412. The molecule has 1 aliphatic heterocycles. The zero-order chi connectivity index (χ0) is 16.9. The van der Waals surface area contributed by atoms with Crippen LogP contribution in [-0.2, 0) is 0 Å². The molecule has 1 aliphatic rings. The molecule has 0 bridgehead atoms. The molecule has 7 heteroatoms. The summed E-state index contributed by atoms with van der Waals surface area (Å²) < 4.78 is 0. The molecule has 0 saturated carbocycles. The van der Waals surface area contributed by atoms with Crippen LogP contribution in [0.1, 0.15) is 18.5 Å². The fourth-order valence-corrected chi connectivity index (χ4v) is 2.92. The molecule has 24 heavy (non-hydrogen) atoms. The van der Waals surface area contributed by atoms with Gasteiger partial charge in [0.25, 0.3) is 0 Å². The summed E-state index contributed by atoms with van der Waals surface area (Å²) in [6.45, 7) is 4.21. The number of piperidine rings is 1. The quantitative estimate of drug-likeness (QED) is 0.895. The van der Waals surface area contributed by atoms with E-state index in [0.717, 1.165) is 43.1 Å². The summed E-state index contributed by atoms with van der Waals surface area (Å²) in [6.07, 6.45) is 2.68. The number of carbonyl (C=O) groups is 1. The Bertz CT molecular complexity index is 699. The Hall–Kier alpha value is -2.70. The second-order valence-corrected chi connectivity index (χ2v) is 6.02. The van der Waals surface area contributed by atoms with Gasteiger partial charge in [0.05, 0.1) is 0 Å². The number of anilines is 1. The van der Waals surface area contributed by atoms with Crippen LogP contribution in [0.25, 0.3) is 11.5 Å². The highest BCUT2D eigenvalue weighted by molar-refractivity contribution is 5.64. The lowest BCUT2D eigenvalue weighted by molar-refractivity contribution is 0.191. The van der Waals surface area contributed by atoms with Crippen molar-refractivity contribution in [2.24, 2.45) is 5.92 Å². The maximum Gasteiger partial charge on any atom is 0.404 e. The van der Waals surface area contributed by atoms with Crippen LogP contribution in [0.15, 0.2) is 30.5 Å². The van der Waals surface area contributed by atoms with Crippen LogP contribution in [0.5, 0.6) is 0 Å². The largest absolute Gasteiger partial charge is 0.465 e. The third kappa shape index (κ3) is 3.98. The van der Waals surface area contributed by atoms with Gasteiger partial charge in [0.2, 0.25) is 0 Å². The molecule has 2 N–H and O–H groups in total. The van der Waals surface area contributed by atoms with Crippen LogP contribution in [0.3, 0.4) is 0 Å². The van der Waals surface area contributed by atoms with Crippen LogP contribution in [-0.4, -0.2) is 45.8 Å². The van der Waals surface area contributed by atoms with E-state index in [4.69, 9.17) is 5.11 Å². The van der Waals surface area contributed by atoms with E-state index >= 15 is 0 Å². The lowest BCUT2D eigenvalue weighted by Gasteiger charge is -2.32. The van der Waals surface area contributed by atoms with Gasteiger partial charge in [-0.05, 0) is 37.8 Å². The average Bonchev–Trinajstić information content (AvgIpc) is 2.60. The number of aryl methyl sites for hydroxylation is 1. The number of carboxylic acid groups (broad SMARTS) is 1. The van der Waals surface area contributed by atoms with E-state index < -0.39 is 6.09 Å². The number of amides is 1. The highest BCUT2D eigenvalue weighted by Crippen LogP contribution is 2.24. The summed E-state index contributed by atoms with van der Waals surface area (Å²) in [7, 11) is 0. The number of rotatable bonds is 4. The van der Waals surface area contributed by atoms with E-state index in [9.17, 15) is 4.79 Å². The second kappa shape index (κ2) is 7.25. The molecule has 0 spiro atoms. The van der Waals surface area contributed by atoms with Crippen LogP contribution in [0.2, 0.25) is 0 Å². The lowest BCUT2D eigenvalue weighted by atomic mass is 9.97. The van der Waals surface area contributed by atoms with Gasteiger partial charge in [-0.25, -0.2) is 14.8 Å². The molecule has 0 aromatic carbocycles. The Morgan fingerprint density at radius 2 is 2.12 bits per heavy atom. The molecule has 0 unspecified atom stereocenters. The molecule has 1 fully saturated rings. The van der Waals surface area contributed by atoms with Crippen molar-refractivity contribution in [1.29, 1.82) is 0 Å². The SMILES string of the molecule is Cc1cc(N2CCC(CNC(=O)O)CC2)nc(-c2ccccn2)n1. The first-order valence-electron chi connectivity index (χ1n) is 8.10. The first-order chi connectivity index (χ1) is 11.6. The zero-order valence-corrected chi connectivity index (χ0v) is 13.6. The molecule has 7 nitrogen and oxygen atoms in total. The predicted octanol–water partition coefficient (Wildman–Crippen LogP) is 2.33. The molecular formula is C17H21N5O2. The van der Waals surface area contributed by atoms with Crippen LogP contribution >= 0.6 is 0 Å². The number of hydrogen-bond donors (Lipinski definition) is 2. The minimum absolute atomic E-state index is 0.385. The van der Waals surface area contributed by atoms with Gasteiger partial charge >= 0.3 is 6.09 Å². The number of nitrogens with one attached hydrogen (secondary N) is 1. The van der Waals surface area contributed by atoms with Crippen molar-refractivity contribution in [3.63, 3.8) is 0 Å². The predicted molar refractivity (Wildman–Crippen MR) is 91.0 cm³/mol. The van der Waals surface area contributed by atoms with E-state index in [1.165, 1.54) is 0 Å². The van der Waals surface area contributed by atoms with Crippen molar-refractivity contribution in [2.45, 2.75) is 19.8 Å². The van der Waals surface area contributed by atoms with Crippen molar-refractivity contribution in [3.05, 3.63) is 36.2 Å². The highest BCUT2D eigenvalue weighted by Gasteiger charge is 2.21. The zero-order valence-electron chi connectivity index (χ0n) is 13.6. The summed E-state index contributed by atoms with van der Waals surface area (Å²) in [5, 5.41) is 11.2. The van der Waals surface area contributed by atoms with Crippen molar-refractivity contribution in [3.8, 4) is 11.5 Å². The summed E-state index contributed by atoms with van der Waals surface area (Å²) in [5.74, 6) is 1.93. The van der Waals surface area contributed by atoms with E-state index in [2.05, 4.69) is 25.2 Å². The highest BCUT2D eigenvalue weighted by atomic mass is 16.4. The van der Waals surface area contributed by atoms with Gasteiger partial charge in [-0.15, -0.1) is 0 Å². The first-order valence-corrected chi connectivity index (χ1v) is 8.10. The summed E-state index contributed by atoms with van der Waals surface area (Å²) in [5.41, 5.74) is 1.68. The smallest absolute Gasteiger partial charge is 0.404 e. The fourth-order valence-electron chi connectivity index (χ4n) is 2.92. The summed E-state index contributed by atoms with van der Waals surface area (Å²) >= 11 is 0. The summed E-state index contributed by atoms with van der Waals surface area (Å²) in [4.78, 5) is 26.3. The Labute approximate surface area is 140 Å². The second-order valence-electron chi connectivity index (χ2n) is 6.02. The van der Waals surface area contributed by atoms with Gasteiger partial charge < -0.3 is 15.3 Å². The molecule has 1 amide bonds. The number of nitrogens with zero attached hydrogens (tertiary/aromatic N) is 4. The van der Waals surface area contributed by atoms with E-state index in [1.54, 1.807) is 6.20 Å². The molecule has 0 radical (unpaired) electrons. The molecule has 3 rings (SSSR count). The van der Waals surface area contributed by atoms with Gasteiger partial charge in [-0.3, -0.25) is 4.98 Å². The summed E-state index contributed by atoms with van der Waals surface area (Å²) in [6, 6.07) is 7.69. The van der Waals surface area contributed by atoms with E-state index in [1.807, 2.05) is 31.2 Å². The number of pyridine rings is 1. The normalized spacial score (nSPS) is 15.3. The molecule has 0 aliphatic carbocycles. The van der Waals surface area contributed by atoms with Gasteiger partial charge in [0.15, 0.2) is 5.82 Å². The monoisotopic (exact) mass is 327 g/mol. The molecule has 3 heterocycles. The van der Waals surface area contributed by atoms with Gasteiger partial charge in [0, 0.05) is 37.6 Å². The molecule has 1 saturated heterocycles. The van der Waals surface area contributed by atoms with Gasteiger partial charge in [-0.1, -0.05) is 6.07 Å². The maximum atomic E-state index is 10.6. The maximum absolute atomic E-state index is 10.6. The Kier molecular flexibility index (Phi) is 4.88. The van der Waals surface area contributed by atoms with Gasteiger partial charge in [-0.2, -0.15) is 0 Å². The minimum atomic E-state index is -0.955. The topological polar surface area (TPSA) is 91.2 Å². The van der Waals surface area contributed by atoms with E-state index in [0.29, 0.717) is 18.3 Å². The van der Waals surface area contributed by atoms with Crippen molar-refractivity contribution < 1.29 is 9.90 Å². The average molecular weight is 327 g/mol. The third-order valence-electron chi connectivity index (χ3n) is 4.22. The number of hydrogen-bond acceptors (Lipinski definition) is 5. The molecule has 0 atom stereocenters. The van der Waals surface area contributed by atoms with Crippen molar-refractivity contribution in [2.75, 3.05) is 24.5 Å². The molecule has 2 aromatic rings.